The second-order valence-corrected chi connectivity index (χ2v) is 6.79. The Morgan fingerprint density at radius 2 is 1.61 bits per heavy atom. The molecule has 0 aromatic heterocycles. The summed E-state index contributed by atoms with van der Waals surface area (Å²) in [6.45, 7) is -0.0143. The van der Waals surface area contributed by atoms with Gasteiger partial charge in [0.2, 0.25) is 0 Å². The minimum absolute atomic E-state index is 0.0143. The first kappa shape index (κ1) is 20.0. The molecule has 0 N–H and O–H groups in total. The van der Waals surface area contributed by atoms with E-state index in [0.29, 0.717) is 26.9 Å². The standard InChI is InChI=1S/C23H18Cl2O3/c1-27-18-10-5-7-16(13-18)14-19(17-8-3-2-4-9-17)23(26)28-15-20-21(24)11-6-12-22(20)25/h2-14H,15H2,1H3/b19-14+. The van der Waals surface area contributed by atoms with Crippen LogP contribution in [-0.4, -0.2) is 13.1 Å². The second kappa shape index (κ2) is 9.45. The predicted octanol–water partition coefficient (Wildman–Crippen LogP) is 6.29. The molecule has 0 aliphatic heterocycles. The normalized spacial score (nSPS) is 11.2. The lowest BCUT2D eigenvalue weighted by Crippen LogP contribution is -2.08. The van der Waals surface area contributed by atoms with Gasteiger partial charge >= 0.3 is 5.97 Å². The Labute approximate surface area is 174 Å². The zero-order valence-corrected chi connectivity index (χ0v) is 16.7. The van der Waals surface area contributed by atoms with E-state index in [1.54, 1.807) is 31.4 Å². The molecule has 0 radical (unpaired) electrons. The average Bonchev–Trinajstić information content (AvgIpc) is 2.72. The Kier molecular flexibility index (Phi) is 6.75. The Balaban J connectivity index is 1.90. The van der Waals surface area contributed by atoms with Crippen molar-refractivity contribution in [3.8, 4) is 5.75 Å². The Morgan fingerprint density at radius 1 is 0.929 bits per heavy atom. The molecule has 0 spiro atoms. The lowest BCUT2D eigenvalue weighted by atomic mass is 10.0. The van der Waals surface area contributed by atoms with Crippen molar-refractivity contribution >= 4 is 40.8 Å². The molecule has 0 saturated carbocycles. The number of halogens is 2. The molecule has 142 valence electrons. The molecule has 0 unspecified atom stereocenters. The summed E-state index contributed by atoms with van der Waals surface area (Å²) in [4.78, 5) is 12.9. The molecule has 0 atom stereocenters. The zero-order chi connectivity index (χ0) is 19.9. The number of rotatable bonds is 6. The van der Waals surface area contributed by atoms with E-state index in [4.69, 9.17) is 32.7 Å². The number of hydrogen-bond acceptors (Lipinski definition) is 3. The van der Waals surface area contributed by atoms with Crippen LogP contribution in [0.4, 0.5) is 0 Å². The van der Waals surface area contributed by atoms with Crippen molar-refractivity contribution in [1.82, 2.24) is 0 Å². The topological polar surface area (TPSA) is 35.5 Å². The fourth-order valence-electron chi connectivity index (χ4n) is 2.66. The summed E-state index contributed by atoms with van der Waals surface area (Å²) >= 11 is 12.3. The molecule has 3 nitrogen and oxygen atoms in total. The molecule has 0 heterocycles. The number of methoxy groups -OCH3 is 1. The molecular formula is C23H18Cl2O3. The van der Waals surface area contributed by atoms with Crippen LogP contribution >= 0.6 is 23.2 Å². The first-order valence-corrected chi connectivity index (χ1v) is 9.35. The van der Waals surface area contributed by atoms with Crippen LogP contribution in [0.15, 0.2) is 72.8 Å². The number of carbonyl (C=O) groups excluding carboxylic acids is 1. The van der Waals surface area contributed by atoms with Crippen molar-refractivity contribution in [2.45, 2.75) is 6.61 Å². The Morgan fingerprint density at radius 3 is 2.29 bits per heavy atom. The molecule has 0 aliphatic carbocycles. The van der Waals surface area contributed by atoms with Gasteiger partial charge in [0.1, 0.15) is 12.4 Å². The van der Waals surface area contributed by atoms with Gasteiger partial charge in [-0.2, -0.15) is 0 Å². The summed E-state index contributed by atoms with van der Waals surface area (Å²) in [5.74, 6) is 0.238. The minimum Gasteiger partial charge on any atom is -0.497 e. The molecule has 3 rings (SSSR count). The van der Waals surface area contributed by atoms with Gasteiger partial charge in [0.15, 0.2) is 0 Å². The number of benzene rings is 3. The monoisotopic (exact) mass is 412 g/mol. The third-order valence-electron chi connectivity index (χ3n) is 4.12. The van der Waals surface area contributed by atoms with Crippen LogP contribution in [0.3, 0.4) is 0 Å². The third kappa shape index (κ3) is 4.94. The first-order chi connectivity index (χ1) is 13.6. The highest BCUT2D eigenvalue weighted by molar-refractivity contribution is 6.36. The Bertz CT molecular complexity index is 977. The van der Waals surface area contributed by atoms with Crippen LogP contribution in [0.1, 0.15) is 16.7 Å². The van der Waals surface area contributed by atoms with E-state index in [-0.39, 0.29) is 6.61 Å². The van der Waals surface area contributed by atoms with Gasteiger partial charge in [0.05, 0.1) is 12.7 Å². The fraction of sp³-hybridized carbons (Fsp3) is 0.0870. The largest absolute Gasteiger partial charge is 0.497 e. The fourth-order valence-corrected chi connectivity index (χ4v) is 3.17. The maximum absolute atomic E-state index is 12.9. The second-order valence-electron chi connectivity index (χ2n) is 5.98. The summed E-state index contributed by atoms with van der Waals surface area (Å²) in [6.07, 6.45) is 1.77. The van der Waals surface area contributed by atoms with Crippen molar-refractivity contribution in [3.05, 3.63) is 99.5 Å². The van der Waals surface area contributed by atoms with E-state index in [2.05, 4.69) is 0 Å². The van der Waals surface area contributed by atoms with Gasteiger partial charge in [-0.1, -0.05) is 71.7 Å². The molecule has 3 aromatic carbocycles. The summed E-state index contributed by atoms with van der Waals surface area (Å²) in [6, 6.07) is 22.0. The highest BCUT2D eigenvalue weighted by Gasteiger charge is 2.16. The van der Waals surface area contributed by atoms with Crippen molar-refractivity contribution in [2.75, 3.05) is 7.11 Å². The van der Waals surface area contributed by atoms with E-state index >= 15 is 0 Å². The highest BCUT2D eigenvalue weighted by atomic mass is 35.5. The smallest absolute Gasteiger partial charge is 0.339 e. The van der Waals surface area contributed by atoms with E-state index in [1.807, 2.05) is 54.6 Å². The quantitative estimate of drug-likeness (QED) is 0.271. The van der Waals surface area contributed by atoms with Gasteiger partial charge in [-0.05, 0) is 41.5 Å². The molecular weight excluding hydrogens is 395 g/mol. The van der Waals surface area contributed by atoms with E-state index in [9.17, 15) is 4.79 Å². The third-order valence-corrected chi connectivity index (χ3v) is 4.83. The average molecular weight is 413 g/mol. The molecule has 3 aromatic rings. The van der Waals surface area contributed by atoms with Crippen LogP contribution in [0, 0.1) is 0 Å². The lowest BCUT2D eigenvalue weighted by molar-refractivity contribution is -0.137. The number of ether oxygens (including phenoxy) is 2. The van der Waals surface area contributed by atoms with Crippen LogP contribution in [0.2, 0.25) is 10.0 Å². The molecule has 0 bridgehead atoms. The molecule has 0 fully saturated rings. The van der Waals surface area contributed by atoms with Gasteiger partial charge in [0.25, 0.3) is 0 Å². The van der Waals surface area contributed by atoms with E-state index in [0.717, 1.165) is 11.1 Å². The molecule has 5 heteroatoms. The lowest BCUT2D eigenvalue weighted by Gasteiger charge is -2.11. The number of carbonyl (C=O) groups is 1. The van der Waals surface area contributed by atoms with Gasteiger partial charge in [0, 0.05) is 15.6 Å². The summed E-state index contributed by atoms with van der Waals surface area (Å²) in [5.41, 5.74) is 2.58. The first-order valence-electron chi connectivity index (χ1n) is 8.59. The number of hydrogen-bond donors (Lipinski definition) is 0. The van der Waals surface area contributed by atoms with Crippen LogP contribution < -0.4 is 4.74 Å². The SMILES string of the molecule is COc1cccc(/C=C(/C(=O)OCc2c(Cl)cccc2Cl)c2ccccc2)c1. The van der Waals surface area contributed by atoms with Crippen LogP contribution in [0.25, 0.3) is 11.6 Å². The molecule has 0 amide bonds. The van der Waals surface area contributed by atoms with Crippen LogP contribution in [0.5, 0.6) is 5.75 Å². The van der Waals surface area contributed by atoms with Crippen LogP contribution in [-0.2, 0) is 16.1 Å². The van der Waals surface area contributed by atoms with E-state index in [1.165, 1.54) is 0 Å². The predicted molar refractivity (Wildman–Crippen MR) is 114 cm³/mol. The molecule has 0 saturated heterocycles. The summed E-state index contributed by atoms with van der Waals surface area (Å²) in [7, 11) is 1.60. The molecule has 28 heavy (non-hydrogen) atoms. The van der Waals surface area contributed by atoms with Crippen molar-refractivity contribution in [3.63, 3.8) is 0 Å². The molecule has 0 aliphatic rings. The van der Waals surface area contributed by atoms with Crippen molar-refractivity contribution < 1.29 is 14.3 Å². The van der Waals surface area contributed by atoms with Crippen molar-refractivity contribution in [1.29, 1.82) is 0 Å². The maximum Gasteiger partial charge on any atom is 0.339 e. The summed E-state index contributed by atoms with van der Waals surface area (Å²) in [5, 5.41) is 0.914. The van der Waals surface area contributed by atoms with Gasteiger partial charge in [-0.15, -0.1) is 0 Å². The van der Waals surface area contributed by atoms with Gasteiger partial charge < -0.3 is 9.47 Å². The minimum atomic E-state index is -0.468. The maximum atomic E-state index is 12.9. The zero-order valence-electron chi connectivity index (χ0n) is 15.2. The van der Waals surface area contributed by atoms with Crippen molar-refractivity contribution in [2.24, 2.45) is 0 Å². The highest BCUT2D eigenvalue weighted by Crippen LogP contribution is 2.27. The Hall–Kier alpha value is -2.75. The summed E-state index contributed by atoms with van der Waals surface area (Å²) < 4.78 is 10.8. The van der Waals surface area contributed by atoms with E-state index < -0.39 is 5.97 Å². The van der Waals surface area contributed by atoms with Gasteiger partial charge in [-0.3, -0.25) is 0 Å². The van der Waals surface area contributed by atoms with Gasteiger partial charge in [-0.25, -0.2) is 4.79 Å². The number of esters is 1.